The van der Waals surface area contributed by atoms with Crippen molar-refractivity contribution in [3.63, 3.8) is 0 Å². The van der Waals surface area contributed by atoms with Crippen molar-refractivity contribution in [3.05, 3.63) is 77.0 Å². The summed E-state index contributed by atoms with van der Waals surface area (Å²) in [4.78, 5) is 32.3. The third kappa shape index (κ3) is 4.22. The van der Waals surface area contributed by atoms with E-state index in [0.717, 1.165) is 34.2 Å². The average Bonchev–Trinajstić information content (AvgIpc) is 3.54. The lowest BCUT2D eigenvalue weighted by Gasteiger charge is -2.31. The van der Waals surface area contributed by atoms with Gasteiger partial charge in [-0.3, -0.25) is 9.59 Å². The Balaban J connectivity index is 1.35. The molecule has 5 rings (SSSR count). The number of hydrogen-bond acceptors (Lipinski definition) is 2. The van der Waals surface area contributed by atoms with Crippen LogP contribution < -0.4 is 0 Å². The van der Waals surface area contributed by atoms with E-state index in [1.165, 1.54) is 17.0 Å². The smallest absolute Gasteiger partial charge is 0.351 e. The van der Waals surface area contributed by atoms with E-state index in [2.05, 4.69) is 11.1 Å². The maximum atomic E-state index is 13.5. The Labute approximate surface area is 201 Å². The fourth-order valence-corrected chi connectivity index (χ4v) is 4.84. The molecule has 2 heterocycles. The van der Waals surface area contributed by atoms with Crippen LogP contribution in [0.25, 0.3) is 16.5 Å². The zero-order valence-corrected chi connectivity index (χ0v) is 19.6. The van der Waals surface area contributed by atoms with Gasteiger partial charge in [0.2, 0.25) is 5.91 Å². The maximum Gasteiger partial charge on any atom is 0.416 e. The molecule has 182 valence electrons. The topological polar surface area (TPSA) is 56.4 Å². The zero-order chi connectivity index (χ0) is 25.0. The Morgan fingerprint density at radius 3 is 2.37 bits per heavy atom. The van der Waals surface area contributed by atoms with Crippen LogP contribution in [0.3, 0.4) is 0 Å². The Morgan fingerprint density at radius 2 is 1.74 bits per heavy atom. The van der Waals surface area contributed by atoms with Crippen LogP contribution in [0.15, 0.2) is 54.6 Å². The summed E-state index contributed by atoms with van der Waals surface area (Å²) in [5, 5.41) is 0.933. The van der Waals surface area contributed by atoms with Crippen molar-refractivity contribution in [1.29, 1.82) is 0 Å². The summed E-state index contributed by atoms with van der Waals surface area (Å²) in [7, 11) is 3.41. The zero-order valence-electron chi connectivity index (χ0n) is 19.6. The van der Waals surface area contributed by atoms with Gasteiger partial charge in [-0.25, -0.2) is 0 Å². The van der Waals surface area contributed by atoms with Gasteiger partial charge >= 0.3 is 6.18 Å². The number of aromatic amines is 1. The number of rotatable bonds is 4. The van der Waals surface area contributed by atoms with Crippen LogP contribution >= 0.6 is 0 Å². The fourth-order valence-electron chi connectivity index (χ4n) is 4.84. The van der Waals surface area contributed by atoms with E-state index in [9.17, 15) is 22.8 Å². The summed E-state index contributed by atoms with van der Waals surface area (Å²) in [6.07, 6.45) is -0.283. The van der Waals surface area contributed by atoms with Gasteiger partial charge < -0.3 is 14.8 Å². The standard InChI is InChI=1S/C27H26F3N3O2/c1-32(2)24(34)23-15-18-6-5-17(14-22(18)31-23)19-4-3-13-33(16-19)25(35)26(11-12-26)20-7-9-21(10-8-20)27(28,29)30/h4-10,14-15,31H,3,11-13,16H2,1-2H3. The molecule has 1 saturated carbocycles. The normalized spacial score (nSPS) is 17.3. The summed E-state index contributed by atoms with van der Waals surface area (Å²) in [6.45, 7) is 1.02. The number of aromatic nitrogens is 1. The van der Waals surface area contributed by atoms with Crippen molar-refractivity contribution in [1.82, 2.24) is 14.8 Å². The molecule has 0 unspecified atom stereocenters. The van der Waals surface area contributed by atoms with Crippen molar-refractivity contribution in [3.8, 4) is 0 Å². The summed E-state index contributed by atoms with van der Waals surface area (Å²) in [5.74, 6) is -0.128. The molecule has 1 N–H and O–H groups in total. The van der Waals surface area contributed by atoms with Crippen molar-refractivity contribution in [2.45, 2.75) is 30.9 Å². The molecule has 2 amide bonds. The van der Waals surface area contributed by atoms with Gasteiger partial charge in [0, 0.05) is 38.1 Å². The summed E-state index contributed by atoms with van der Waals surface area (Å²) in [5.41, 5.74) is 2.58. The minimum Gasteiger partial charge on any atom is -0.351 e. The number of H-pyrrole nitrogens is 1. The Bertz CT molecular complexity index is 1330. The van der Waals surface area contributed by atoms with E-state index in [-0.39, 0.29) is 11.8 Å². The molecule has 1 aromatic heterocycles. The van der Waals surface area contributed by atoms with Gasteiger partial charge in [-0.1, -0.05) is 30.3 Å². The lowest BCUT2D eigenvalue weighted by Crippen LogP contribution is -2.42. The Kier molecular flexibility index (Phi) is 5.49. The summed E-state index contributed by atoms with van der Waals surface area (Å²) in [6, 6.07) is 12.8. The van der Waals surface area contributed by atoms with Crippen molar-refractivity contribution < 1.29 is 22.8 Å². The number of carbonyl (C=O) groups excluding carboxylic acids is 2. The van der Waals surface area contributed by atoms with Gasteiger partial charge in [0.15, 0.2) is 0 Å². The second-order valence-corrected chi connectivity index (χ2v) is 9.59. The number of amides is 2. The van der Waals surface area contributed by atoms with E-state index >= 15 is 0 Å². The molecule has 0 atom stereocenters. The lowest BCUT2D eigenvalue weighted by molar-refractivity contribution is -0.137. The third-order valence-electron chi connectivity index (χ3n) is 6.99. The average molecular weight is 482 g/mol. The fraction of sp³-hybridized carbons (Fsp3) is 0.333. The number of benzene rings is 2. The van der Waals surface area contributed by atoms with Gasteiger partial charge in [0.05, 0.1) is 11.0 Å². The highest BCUT2D eigenvalue weighted by atomic mass is 19.4. The second kappa shape index (κ2) is 8.29. The molecule has 8 heteroatoms. The van der Waals surface area contributed by atoms with Crippen LogP contribution in [0, 0.1) is 0 Å². The Hall–Kier alpha value is -3.55. The van der Waals surface area contributed by atoms with Crippen LogP contribution in [0.1, 0.15) is 46.4 Å². The highest BCUT2D eigenvalue weighted by Crippen LogP contribution is 2.50. The first kappa shape index (κ1) is 23.2. The molecule has 35 heavy (non-hydrogen) atoms. The molecule has 0 spiro atoms. The maximum absolute atomic E-state index is 13.5. The lowest BCUT2D eigenvalue weighted by atomic mass is 9.91. The van der Waals surface area contributed by atoms with E-state index < -0.39 is 17.2 Å². The molecule has 0 bridgehead atoms. The van der Waals surface area contributed by atoms with Gasteiger partial charge in [-0.2, -0.15) is 13.2 Å². The second-order valence-electron chi connectivity index (χ2n) is 9.59. The molecule has 3 aromatic rings. The minimum absolute atomic E-state index is 0.0253. The van der Waals surface area contributed by atoms with Crippen LogP contribution in [0.4, 0.5) is 13.2 Å². The molecule has 5 nitrogen and oxygen atoms in total. The predicted octanol–water partition coefficient (Wildman–Crippen LogP) is 5.24. The minimum atomic E-state index is -4.40. The number of hydrogen-bond donors (Lipinski definition) is 1. The molecule has 0 saturated heterocycles. The van der Waals surface area contributed by atoms with Gasteiger partial charge in [-0.05, 0) is 60.2 Å². The van der Waals surface area contributed by atoms with Crippen LogP contribution in [0.5, 0.6) is 0 Å². The number of halogens is 3. The number of fused-ring (bicyclic) bond motifs is 1. The highest BCUT2D eigenvalue weighted by molar-refractivity contribution is 5.98. The van der Waals surface area contributed by atoms with E-state index in [0.29, 0.717) is 43.6 Å². The number of alkyl halides is 3. The largest absolute Gasteiger partial charge is 0.416 e. The first-order valence-corrected chi connectivity index (χ1v) is 11.6. The van der Waals surface area contributed by atoms with Gasteiger partial charge in [-0.15, -0.1) is 0 Å². The van der Waals surface area contributed by atoms with Gasteiger partial charge in [0.1, 0.15) is 5.69 Å². The molecule has 2 aliphatic rings. The summed E-state index contributed by atoms with van der Waals surface area (Å²) < 4.78 is 38.9. The predicted molar refractivity (Wildman–Crippen MR) is 128 cm³/mol. The van der Waals surface area contributed by atoms with E-state index in [1.807, 2.05) is 29.2 Å². The monoisotopic (exact) mass is 481 g/mol. The van der Waals surface area contributed by atoms with Crippen LogP contribution in [-0.4, -0.2) is 53.8 Å². The van der Waals surface area contributed by atoms with E-state index in [4.69, 9.17) is 0 Å². The summed E-state index contributed by atoms with van der Waals surface area (Å²) >= 11 is 0. The van der Waals surface area contributed by atoms with Crippen molar-refractivity contribution in [2.24, 2.45) is 0 Å². The van der Waals surface area contributed by atoms with E-state index in [1.54, 1.807) is 14.1 Å². The molecule has 1 aliphatic carbocycles. The number of nitrogens with one attached hydrogen (secondary N) is 1. The molecule has 1 fully saturated rings. The highest BCUT2D eigenvalue weighted by Gasteiger charge is 2.53. The SMILES string of the molecule is CN(C)C(=O)c1cc2ccc(C3=CCCN(C(=O)C4(c5ccc(C(F)(F)F)cc5)CC4)C3)cc2[nH]1. The molecule has 1 aliphatic heterocycles. The molecule has 2 aromatic carbocycles. The van der Waals surface area contributed by atoms with Crippen LogP contribution in [-0.2, 0) is 16.4 Å². The quantitative estimate of drug-likeness (QED) is 0.555. The van der Waals surface area contributed by atoms with Gasteiger partial charge in [0.25, 0.3) is 5.91 Å². The number of nitrogens with zero attached hydrogens (tertiary/aromatic N) is 2. The van der Waals surface area contributed by atoms with Crippen molar-refractivity contribution in [2.75, 3.05) is 27.2 Å². The first-order chi connectivity index (χ1) is 16.6. The van der Waals surface area contributed by atoms with Crippen LogP contribution in [0.2, 0.25) is 0 Å². The molecular weight excluding hydrogens is 455 g/mol. The Morgan fingerprint density at radius 1 is 1.03 bits per heavy atom. The number of carbonyl (C=O) groups is 2. The molecule has 0 radical (unpaired) electrons. The third-order valence-corrected chi connectivity index (χ3v) is 6.99. The molecular formula is C27H26F3N3O2. The first-order valence-electron chi connectivity index (χ1n) is 11.6. The van der Waals surface area contributed by atoms with Crippen molar-refractivity contribution >= 4 is 28.3 Å².